The molecule has 0 fully saturated rings. The topological polar surface area (TPSA) is 61.8 Å². The fraction of sp³-hybridized carbons (Fsp3) is 0.235. The molecule has 0 saturated heterocycles. The van der Waals surface area contributed by atoms with Gasteiger partial charge in [-0.3, -0.25) is 4.79 Å². The zero-order chi connectivity index (χ0) is 15.7. The van der Waals surface area contributed by atoms with Crippen molar-refractivity contribution in [3.05, 3.63) is 53.6 Å². The van der Waals surface area contributed by atoms with Crippen molar-refractivity contribution in [2.24, 2.45) is 0 Å². The Hall–Kier alpha value is -2.69. The van der Waals surface area contributed by atoms with Crippen LogP contribution in [0.5, 0.6) is 11.5 Å². The molecule has 0 radical (unpaired) electrons. The fourth-order valence-corrected chi connectivity index (χ4v) is 2.79. The molecule has 1 atom stereocenters. The highest BCUT2D eigenvalue weighted by Crippen LogP contribution is 2.39. The molecule has 5 heteroatoms. The highest BCUT2D eigenvalue weighted by molar-refractivity contribution is 6.01. The maximum atomic E-state index is 12.7. The minimum Gasteiger partial charge on any atom is -0.504 e. The molecule has 1 unspecified atom stereocenters. The van der Waals surface area contributed by atoms with Crippen LogP contribution in [0.1, 0.15) is 29.0 Å². The molecule has 2 aromatic carbocycles. The first kappa shape index (κ1) is 14.3. The lowest BCUT2D eigenvalue weighted by Gasteiger charge is -2.37. The van der Waals surface area contributed by atoms with E-state index in [-0.39, 0.29) is 11.7 Å². The van der Waals surface area contributed by atoms with E-state index in [1.807, 2.05) is 25.1 Å². The Morgan fingerprint density at radius 2 is 2.00 bits per heavy atom. The summed E-state index contributed by atoms with van der Waals surface area (Å²) in [4.78, 5) is 14.4. The zero-order valence-electron chi connectivity index (χ0n) is 12.5. The van der Waals surface area contributed by atoms with Gasteiger partial charge in [0.15, 0.2) is 11.5 Å². The van der Waals surface area contributed by atoms with Crippen LogP contribution in [-0.2, 0) is 0 Å². The van der Waals surface area contributed by atoms with Crippen molar-refractivity contribution in [1.82, 2.24) is 4.90 Å². The first-order chi connectivity index (χ1) is 10.7. The van der Waals surface area contributed by atoms with E-state index in [0.717, 1.165) is 5.69 Å². The monoisotopic (exact) mass is 298 g/mol. The van der Waals surface area contributed by atoms with E-state index in [1.165, 1.54) is 7.11 Å². The number of phenols is 1. The Balaban J connectivity index is 2.09. The number of nitrogens with zero attached hydrogens (tertiary/aromatic N) is 1. The first-order valence-corrected chi connectivity index (χ1v) is 7.19. The first-order valence-electron chi connectivity index (χ1n) is 7.19. The summed E-state index contributed by atoms with van der Waals surface area (Å²) in [6.07, 6.45) is -0.428. The van der Waals surface area contributed by atoms with Gasteiger partial charge in [0.2, 0.25) is 0 Å². The quantitative estimate of drug-likeness (QED) is 0.914. The average molecular weight is 298 g/mol. The van der Waals surface area contributed by atoms with Crippen LogP contribution in [0, 0.1) is 0 Å². The Morgan fingerprint density at radius 1 is 1.23 bits per heavy atom. The zero-order valence-corrected chi connectivity index (χ0v) is 12.5. The number of para-hydroxylation sites is 2. The van der Waals surface area contributed by atoms with E-state index in [1.54, 1.807) is 29.2 Å². The minimum absolute atomic E-state index is 0.0492. The summed E-state index contributed by atoms with van der Waals surface area (Å²) in [6.45, 7) is 2.44. The number of hydrogen-bond acceptors (Lipinski definition) is 4. The number of nitrogens with one attached hydrogen (secondary N) is 1. The van der Waals surface area contributed by atoms with Gasteiger partial charge in [-0.1, -0.05) is 24.3 Å². The van der Waals surface area contributed by atoms with Gasteiger partial charge in [0.1, 0.15) is 6.17 Å². The van der Waals surface area contributed by atoms with Crippen LogP contribution in [0.25, 0.3) is 0 Å². The second-order valence-corrected chi connectivity index (χ2v) is 5.08. The third kappa shape index (κ3) is 2.15. The number of ether oxygens (including phenoxy) is 1. The lowest BCUT2D eigenvalue weighted by Crippen LogP contribution is -2.42. The van der Waals surface area contributed by atoms with Crippen LogP contribution >= 0.6 is 0 Å². The number of hydrogen-bond donors (Lipinski definition) is 2. The minimum atomic E-state index is -0.428. The average Bonchev–Trinajstić information content (AvgIpc) is 2.55. The van der Waals surface area contributed by atoms with Gasteiger partial charge >= 0.3 is 0 Å². The maximum Gasteiger partial charge on any atom is 0.257 e. The summed E-state index contributed by atoms with van der Waals surface area (Å²) >= 11 is 0. The molecule has 0 bridgehead atoms. The van der Waals surface area contributed by atoms with Crippen LogP contribution < -0.4 is 10.1 Å². The highest BCUT2D eigenvalue weighted by atomic mass is 16.5. The summed E-state index contributed by atoms with van der Waals surface area (Å²) in [7, 11) is 1.51. The number of amides is 1. The van der Waals surface area contributed by atoms with E-state index in [0.29, 0.717) is 23.4 Å². The van der Waals surface area contributed by atoms with Crippen LogP contribution in [0.4, 0.5) is 5.69 Å². The fourth-order valence-electron chi connectivity index (χ4n) is 2.79. The van der Waals surface area contributed by atoms with Crippen molar-refractivity contribution < 1.29 is 14.6 Å². The molecule has 5 nitrogen and oxygen atoms in total. The molecule has 0 aliphatic carbocycles. The Bertz CT molecular complexity index is 715. The maximum absolute atomic E-state index is 12.7. The normalized spacial score (nSPS) is 16.9. The molecule has 1 amide bonds. The van der Waals surface area contributed by atoms with E-state index < -0.39 is 6.17 Å². The van der Waals surface area contributed by atoms with Gasteiger partial charge in [0.05, 0.1) is 12.7 Å². The van der Waals surface area contributed by atoms with Gasteiger partial charge in [-0.2, -0.15) is 0 Å². The predicted octanol–water partition coefficient (Wildman–Crippen LogP) is 2.99. The third-order valence-electron chi connectivity index (χ3n) is 3.91. The van der Waals surface area contributed by atoms with Crippen molar-refractivity contribution in [3.8, 4) is 11.5 Å². The van der Waals surface area contributed by atoms with Crippen molar-refractivity contribution in [2.45, 2.75) is 13.1 Å². The van der Waals surface area contributed by atoms with Gasteiger partial charge in [-0.25, -0.2) is 0 Å². The predicted molar refractivity (Wildman–Crippen MR) is 84.2 cm³/mol. The number of aromatic hydroxyl groups is 1. The van der Waals surface area contributed by atoms with Gasteiger partial charge in [0, 0.05) is 17.8 Å². The van der Waals surface area contributed by atoms with Gasteiger partial charge in [0.25, 0.3) is 5.91 Å². The van der Waals surface area contributed by atoms with Gasteiger partial charge in [-0.15, -0.1) is 0 Å². The Morgan fingerprint density at radius 3 is 2.73 bits per heavy atom. The number of fused-ring (bicyclic) bond motifs is 1. The smallest absolute Gasteiger partial charge is 0.257 e. The van der Waals surface area contributed by atoms with Gasteiger partial charge < -0.3 is 20.1 Å². The van der Waals surface area contributed by atoms with Crippen LogP contribution in [0.2, 0.25) is 0 Å². The van der Waals surface area contributed by atoms with E-state index in [2.05, 4.69) is 5.32 Å². The number of carbonyl (C=O) groups excluding carboxylic acids is 1. The second-order valence-electron chi connectivity index (χ2n) is 5.08. The Kier molecular flexibility index (Phi) is 3.63. The standard InChI is InChI=1S/C17H18N2O3/c1-3-19-16(12-8-6-10-14(22-2)15(12)20)18-13-9-5-4-7-11(13)17(19)21/h4-10,16,18,20H,3H2,1-2H3. The molecule has 1 heterocycles. The lowest BCUT2D eigenvalue weighted by atomic mass is 10.0. The van der Waals surface area contributed by atoms with Gasteiger partial charge in [-0.05, 0) is 25.1 Å². The highest BCUT2D eigenvalue weighted by Gasteiger charge is 2.33. The summed E-state index contributed by atoms with van der Waals surface area (Å²) in [5.41, 5.74) is 2.02. The molecule has 1 aliphatic rings. The number of phenolic OH excluding ortho intramolecular Hbond substituents is 1. The molecule has 2 aromatic rings. The number of carbonyl (C=O) groups is 1. The molecule has 0 saturated carbocycles. The molecule has 0 aromatic heterocycles. The number of rotatable bonds is 3. The molecule has 3 rings (SSSR count). The molecular weight excluding hydrogens is 280 g/mol. The number of methoxy groups -OCH3 is 1. The largest absolute Gasteiger partial charge is 0.504 e. The second kappa shape index (κ2) is 5.60. The molecule has 0 spiro atoms. The summed E-state index contributed by atoms with van der Waals surface area (Å²) in [6, 6.07) is 12.7. The number of anilines is 1. The Labute approximate surface area is 129 Å². The molecular formula is C17H18N2O3. The van der Waals surface area contributed by atoms with Crippen molar-refractivity contribution in [1.29, 1.82) is 0 Å². The lowest BCUT2D eigenvalue weighted by molar-refractivity contribution is 0.0693. The molecule has 2 N–H and O–H groups in total. The van der Waals surface area contributed by atoms with E-state index >= 15 is 0 Å². The van der Waals surface area contributed by atoms with E-state index in [9.17, 15) is 9.90 Å². The summed E-state index contributed by atoms with van der Waals surface area (Å²) < 4.78 is 5.16. The summed E-state index contributed by atoms with van der Waals surface area (Å²) in [5.74, 6) is 0.388. The van der Waals surface area contributed by atoms with Crippen molar-refractivity contribution >= 4 is 11.6 Å². The van der Waals surface area contributed by atoms with E-state index in [4.69, 9.17) is 4.74 Å². The molecule has 22 heavy (non-hydrogen) atoms. The van der Waals surface area contributed by atoms with Crippen molar-refractivity contribution in [2.75, 3.05) is 19.0 Å². The molecule has 114 valence electrons. The molecule has 1 aliphatic heterocycles. The summed E-state index contributed by atoms with van der Waals surface area (Å²) in [5, 5.41) is 13.7. The van der Waals surface area contributed by atoms with Crippen LogP contribution in [-0.4, -0.2) is 29.6 Å². The number of benzene rings is 2. The van der Waals surface area contributed by atoms with Crippen LogP contribution in [0.15, 0.2) is 42.5 Å². The third-order valence-corrected chi connectivity index (χ3v) is 3.91. The van der Waals surface area contributed by atoms with Crippen molar-refractivity contribution in [3.63, 3.8) is 0 Å². The van der Waals surface area contributed by atoms with Crippen LogP contribution in [0.3, 0.4) is 0 Å². The SMILES string of the molecule is CCN1C(=O)c2ccccc2NC1c1cccc(OC)c1O.